The molecule has 1 aromatic carbocycles. The molecular weight excluding hydrogens is 269 g/mol. The predicted octanol–water partition coefficient (Wildman–Crippen LogP) is 2.22. The average Bonchev–Trinajstić information content (AvgIpc) is 2.40. The maximum Gasteiger partial charge on any atom is 0.227 e. The van der Waals surface area contributed by atoms with Crippen LogP contribution < -0.4 is 0 Å². The van der Waals surface area contributed by atoms with Gasteiger partial charge in [-0.3, -0.25) is 4.79 Å². The number of amides is 1. The molecule has 0 radical (unpaired) electrons. The Kier molecular flexibility index (Phi) is 4.77. The quantitative estimate of drug-likeness (QED) is 0.797. The largest absolute Gasteiger partial charge is 0.370 e. The number of alkyl halides is 1. The lowest BCUT2D eigenvalue weighted by atomic mass is 10.1. The van der Waals surface area contributed by atoms with Crippen LogP contribution in [-0.2, 0) is 16.0 Å². The van der Waals surface area contributed by atoms with E-state index < -0.39 is 0 Å². The van der Waals surface area contributed by atoms with Gasteiger partial charge in [0.25, 0.3) is 0 Å². The van der Waals surface area contributed by atoms with Gasteiger partial charge in [-0.1, -0.05) is 12.1 Å². The van der Waals surface area contributed by atoms with Crippen LogP contribution >= 0.6 is 11.6 Å². The molecule has 1 amide bonds. The molecule has 1 aliphatic rings. The van der Waals surface area contributed by atoms with Crippen LogP contribution in [0.1, 0.15) is 12.5 Å². The van der Waals surface area contributed by atoms with Crippen molar-refractivity contribution < 1.29 is 13.9 Å². The summed E-state index contributed by atoms with van der Waals surface area (Å²) in [5.41, 5.74) is 0.813. The normalized spacial score (nSPS) is 23.4. The summed E-state index contributed by atoms with van der Waals surface area (Å²) < 4.78 is 18.4. The van der Waals surface area contributed by atoms with E-state index in [2.05, 4.69) is 0 Å². The third-order valence-corrected chi connectivity index (χ3v) is 3.46. The maximum absolute atomic E-state index is 12.8. The van der Waals surface area contributed by atoms with E-state index in [9.17, 15) is 9.18 Å². The molecule has 2 rings (SSSR count). The first-order chi connectivity index (χ1) is 9.08. The topological polar surface area (TPSA) is 29.5 Å². The third-order valence-electron chi connectivity index (χ3n) is 3.12. The van der Waals surface area contributed by atoms with Gasteiger partial charge in [-0.05, 0) is 24.6 Å². The standard InChI is InChI=1S/C14H17ClFNO2/c1-10-8-17(9-13(7-15)19-10)14(18)6-11-2-4-12(16)5-3-11/h2-5,10,13H,6-9H2,1H3. The van der Waals surface area contributed by atoms with Crippen molar-refractivity contribution in [1.82, 2.24) is 4.90 Å². The number of halogens is 2. The highest BCUT2D eigenvalue weighted by atomic mass is 35.5. The maximum atomic E-state index is 12.8. The van der Waals surface area contributed by atoms with E-state index in [1.54, 1.807) is 17.0 Å². The van der Waals surface area contributed by atoms with Gasteiger partial charge < -0.3 is 9.64 Å². The highest BCUT2D eigenvalue weighted by Crippen LogP contribution is 2.14. The van der Waals surface area contributed by atoms with Crippen LogP contribution in [0.5, 0.6) is 0 Å². The lowest BCUT2D eigenvalue weighted by molar-refractivity contribution is -0.142. The van der Waals surface area contributed by atoms with Gasteiger partial charge in [0.1, 0.15) is 5.82 Å². The fourth-order valence-electron chi connectivity index (χ4n) is 2.22. The van der Waals surface area contributed by atoms with Gasteiger partial charge >= 0.3 is 0 Å². The molecule has 1 aromatic rings. The zero-order chi connectivity index (χ0) is 13.8. The summed E-state index contributed by atoms with van der Waals surface area (Å²) in [6, 6.07) is 6.00. The fourth-order valence-corrected chi connectivity index (χ4v) is 2.39. The first-order valence-corrected chi connectivity index (χ1v) is 6.85. The van der Waals surface area contributed by atoms with Gasteiger partial charge in [-0.15, -0.1) is 11.6 Å². The minimum Gasteiger partial charge on any atom is -0.370 e. The Morgan fingerprint density at radius 1 is 1.42 bits per heavy atom. The Hall–Kier alpha value is -1.13. The van der Waals surface area contributed by atoms with Crippen molar-refractivity contribution in [2.24, 2.45) is 0 Å². The average molecular weight is 286 g/mol. The zero-order valence-corrected chi connectivity index (χ0v) is 11.6. The zero-order valence-electron chi connectivity index (χ0n) is 10.8. The second-order valence-electron chi connectivity index (χ2n) is 4.82. The van der Waals surface area contributed by atoms with Crippen molar-refractivity contribution in [1.29, 1.82) is 0 Å². The molecule has 0 aromatic heterocycles. The summed E-state index contributed by atoms with van der Waals surface area (Å²) in [6.07, 6.45) is 0.166. The Balaban J connectivity index is 1.97. The highest BCUT2D eigenvalue weighted by Gasteiger charge is 2.27. The third kappa shape index (κ3) is 3.91. The minimum atomic E-state index is -0.293. The Morgan fingerprint density at radius 2 is 2.11 bits per heavy atom. The van der Waals surface area contributed by atoms with Crippen molar-refractivity contribution >= 4 is 17.5 Å². The monoisotopic (exact) mass is 285 g/mol. The van der Waals surface area contributed by atoms with Crippen LogP contribution in [0.2, 0.25) is 0 Å². The summed E-state index contributed by atoms with van der Waals surface area (Å²) in [5, 5.41) is 0. The van der Waals surface area contributed by atoms with Gasteiger partial charge in [0.05, 0.1) is 24.5 Å². The molecule has 0 saturated carbocycles. The second-order valence-corrected chi connectivity index (χ2v) is 5.13. The molecule has 1 saturated heterocycles. The minimum absolute atomic E-state index is 0.00494. The molecule has 1 heterocycles. The van der Waals surface area contributed by atoms with E-state index in [0.717, 1.165) is 5.56 Å². The summed E-state index contributed by atoms with van der Waals surface area (Å²) in [6.45, 7) is 3.03. The van der Waals surface area contributed by atoms with E-state index in [1.807, 2.05) is 6.92 Å². The molecular formula is C14H17ClFNO2. The second kappa shape index (κ2) is 6.35. The first kappa shape index (κ1) is 14.3. The van der Waals surface area contributed by atoms with E-state index in [4.69, 9.17) is 16.3 Å². The highest BCUT2D eigenvalue weighted by molar-refractivity contribution is 6.18. The van der Waals surface area contributed by atoms with Gasteiger partial charge in [-0.2, -0.15) is 0 Å². The van der Waals surface area contributed by atoms with Crippen molar-refractivity contribution in [2.45, 2.75) is 25.6 Å². The number of ether oxygens (including phenoxy) is 1. The van der Waals surface area contributed by atoms with Gasteiger partial charge in [-0.25, -0.2) is 4.39 Å². The summed E-state index contributed by atoms with van der Waals surface area (Å²) in [4.78, 5) is 14.0. The molecule has 0 spiro atoms. The van der Waals surface area contributed by atoms with Crippen LogP contribution in [0.3, 0.4) is 0 Å². The molecule has 3 nitrogen and oxygen atoms in total. The molecule has 0 N–H and O–H groups in total. The first-order valence-electron chi connectivity index (χ1n) is 6.32. The van der Waals surface area contributed by atoms with E-state index in [0.29, 0.717) is 19.0 Å². The number of morpholine rings is 1. The smallest absolute Gasteiger partial charge is 0.227 e. The van der Waals surface area contributed by atoms with E-state index in [1.165, 1.54) is 12.1 Å². The van der Waals surface area contributed by atoms with E-state index >= 15 is 0 Å². The van der Waals surface area contributed by atoms with Gasteiger partial charge in [0.2, 0.25) is 5.91 Å². The summed E-state index contributed by atoms with van der Waals surface area (Å²) in [7, 11) is 0. The van der Waals surface area contributed by atoms with Crippen LogP contribution in [0.15, 0.2) is 24.3 Å². The Bertz CT molecular complexity index is 438. The van der Waals surface area contributed by atoms with Crippen LogP contribution in [-0.4, -0.2) is 42.0 Å². The summed E-state index contributed by atoms with van der Waals surface area (Å²) in [5.74, 6) is 0.111. The molecule has 2 unspecified atom stereocenters. The Labute approximate surface area is 117 Å². The summed E-state index contributed by atoms with van der Waals surface area (Å²) >= 11 is 5.79. The lowest BCUT2D eigenvalue weighted by Crippen LogP contribution is -2.50. The van der Waals surface area contributed by atoms with Crippen molar-refractivity contribution in [3.63, 3.8) is 0 Å². The number of benzene rings is 1. The van der Waals surface area contributed by atoms with Crippen molar-refractivity contribution in [3.05, 3.63) is 35.6 Å². The van der Waals surface area contributed by atoms with Gasteiger partial charge in [0, 0.05) is 13.1 Å². The van der Waals surface area contributed by atoms with Gasteiger partial charge in [0.15, 0.2) is 0 Å². The van der Waals surface area contributed by atoms with Crippen molar-refractivity contribution in [2.75, 3.05) is 19.0 Å². The lowest BCUT2D eigenvalue weighted by Gasteiger charge is -2.36. The van der Waals surface area contributed by atoms with Crippen LogP contribution in [0.4, 0.5) is 4.39 Å². The Morgan fingerprint density at radius 3 is 2.74 bits per heavy atom. The molecule has 19 heavy (non-hydrogen) atoms. The molecule has 5 heteroatoms. The van der Waals surface area contributed by atoms with Crippen LogP contribution in [0, 0.1) is 5.82 Å². The number of carbonyl (C=O) groups is 1. The van der Waals surface area contributed by atoms with Crippen LogP contribution in [0.25, 0.3) is 0 Å². The molecule has 1 fully saturated rings. The molecule has 0 aliphatic carbocycles. The van der Waals surface area contributed by atoms with Crippen molar-refractivity contribution in [3.8, 4) is 0 Å². The molecule has 0 bridgehead atoms. The van der Waals surface area contributed by atoms with E-state index in [-0.39, 0.29) is 30.4 Å². The number of rotatable bonds is 3. The predicted molar refractivity (Wildman–Crippen MR) is 71.7 cm³/mol. The molecule has 2 atom stereocenters. The molecule has 104 valence electrons. The number of hydrogen-bond donors (Lipinski definition) is 0. The number of hydrogen-bond acceptors (Lipinski definition) is 2. The number of nitrogens with zero attached hydrogens (tertiary/aromatic N) is 1. The number of carbonyl (C=O) groups excluding carboxylic acids is 1. The fraction of sp³-hybridized carbons (Fsp3) is 0.500. The SMILES string of the molecule is CC1CN(C(=O)Cc2ccc(F)cc2)CC(CCl)O1. The molecule has 1 aliphatic heterocycles.